The second-order valence-electron chi connectivity index (χ2n) is 19.5. The highest BCUT2D eigenvalue weighted by molar-refractivity contribution is 14.1. The Morgan fingerprint density at radius 1 is 0.593 bits per heavy atom. The van der Waals surface area contributed by atoms with Crippen molar-refractivity contribution in [1.29, 1.82) is 0 Å². The second-order valence-corrected chi connectivity index (χ2v) is 21.9. The molecule has 4 aromatic heterocycles. The molecule has 2 amide bonds. The SMILES string of the molecule is C.C.C1CCOC1.CC(=O)Nc1cccc(-n2c(=O)n(C3CC3)c(=O)c3c(Nc4ccc(I)cc4F)n(C)c(=O)c(C)c32)c1.CC(=O)Nc1cccc(Nc2c(C)c(=O)n(C)c3c2c(=O)n(C2CC2)c(=O)n3-c2ccc(I)cc2F)c1. The van der Waals surface area contributed by atoms with Crippen molar-refractivity contribution in [3.05, 3.63) is 177 Å². The van der Waals surface area contributed by atoms with Crippen LogP contribution in [0.4, 0.5) is 43.0 Å². The monoisotopic (exact) mass is 1330 g/mol. The van der Waals surface area contributed by atoms with Crippen LogP contribution in [0.2, 0.25) is 0 Å². The number of benzene rings is 4. The van der Waals surface area contributed by atoms with Gasteiger partial charge in [-0.05, 0) is 170 Å². The summed E-state index contributed by atoms with van der Waals surface area (Å²) >= 11 is 3.96. The largest absolute Gasteiger partial charge is 0.381 e. The molecular weight excluding hydrogens is 1270 g/mol. The van der Waals surface area contributed by atoms with E-state index in [9.17, 15) is 42.7 Å². The third kappa shape index (κ3) is 12.5. The van der Waals surface area contributed by atoms with Crippen LogP contribution in [0.3, 0.4) is 0 Å². The molecule has 2 saturated carbocycles. The summed E-state index contributed by atoms with van der Waals surface area (Å²) in [6.45, 7) is 7.90. The first-order chi connectivity index (χ1) is 37.7. The number of carbonyl (C=O) groups excluding carboxylic acids is 2. The summed E-state index contributed by atoms with van der Waals surface area (Å²) in [5, 5.41) is 11.7. The van der Waals surface area contributed by atoms with Crippen molar-refractivity contribution < 1.29 is 23.1 Å². The number of nitrogens with one attached hydrogen (secondary N) is 4. The van der Waals surface area contributed by atoms with Gasteiger partial charge in [0, 0.05) is 88.6 Å². The number of pyridine rings is 2. The van der Waals surface area contributed by atoms with E-state index in [1.165, 1.54) is 83.3 Å². The summed E-state index contributed by atoms with van der Waals surface area (Å²) in [4.78, 5) is 105. The van der Waals surface area contributed by atoms with E-state index in [-0.39, 0.29) is 94.7 Å². The number of halogens is 4. The summed E-state index contributed by atoms with van der Waals surface area (Å²) in [6, 6.07) is 21.8. The van der Waals surface area contributed by atoms with Crippen LogP contribution in [-0.4, -0.2) is 52.4 Å². The van der Waals surface area contributed by atoms with Crippen molar-refractivity contribution in [3.8, 4) is 11.4 Å². The Hall–Kier alpha value is -7.52. The zero-order valence-corrected chi connectivity index (χ0v) is 48.1. The molecular formula is C58H62F2I2N10O9. The third-order valence-corrected chi connectivity index (χ3v) is 14.9. The van der Waals surface area contributed by atoms with Gasteiger partial charge < -0.3 is 26.0 Å². The highest BCUT2D eigenvalue weighted by Crippen LogP contribution is 2.36. The highest BCUT2D eigenvalue weighted by atomic mass is 127. The van der Waals surface area contributed by atoms with Crippen LogP contribution in [0.15, 0.2) is 114 Å². The molecule has 0 unspecified atom stereocenters. The number of anilines is 6. The molecule has 3 fully saturated rings. The number of rotatable bonds is 10. The van der Waals surface area contributed by atoms with E-state index >= 15 is 4.39 Å². The lowest BCUT2D eigenvalue weighted by Gasteiger charge is -2.21. The average molecular weight is 1330 g/mol. The predicted octanol–water partition coefficient (Wildman–Crippen LogP) is 9.95. The Morgan fingerprint density at radius 2 is 1.11 bits per heavy atom. The Kier molecular flexibility index (Phi) is 18.9. The zero-order valence-electron chi connectivity index (χ0n) is 43.8. The minimum atomic E-state index is -0.697. The van der Waals surface area contributed by atoms with Gasteiger partial charge in [-0.25, -0.2) is 22.9 Å². The molecule has 5 heterocycles. The molecule has 0 spiro atoms. The number of carbonyl (C=O) groups is 2. The summed E-state index contributed by atoms with van der Waals surface area (Å²) in [5.74, 6) is -1.65. The number of ether oxygens (including phenoxy) is 1. The Morgan fingerprint density at radius 3 is 1.65 bits per heavy atom. The van der Waals surface area contributed by atoms with Crippen LogP contribution < -0.4 is 54.9 Å². The van der Waals surface area contributed by atoms with E-state index < -0.39 is 45.3 Å². The van der Waals surface area contributed by atoms with Crippen molar-refractivity contribution in [3.63, 3.8) is 0 Å². The molecule has 2 aliphatic carbocycles. The minimum absolute atomic E-state index is 0. The third-order valence-electron chi connectivity index (χ3n) is 13.5. The van der Waals surface area contributed by atoms with E-state index in [2.05, 4.69) is 21.3 Å². The van der Waals surface area contributed by atoms with Gasteiger partial charge >= 0.3 is 11.4 Å². The number of hydrogen-bond donors (Lipinski definition) is 4. The van der Waals surface area contributed by atoms with Crippen molar-refractivity contribution in [1.82, 2.24) is 27.4 Å². The summed E-state index contributed by atoms with van der Waals surface area (Å²) < 4.78 is 43.5. The van der Waals surface area contributed by atoms with Gasteiger partial charge in [0.05, 0.1) is 28.3 Å². The van der Waals surface area contributed by atoms with Crippen molar-refractivity contribution in [2.45, 2.75) is 93.2 Å². The standard InChI is InChI=1S/2C26H23FIN5O4.C4H8O.2CH4/c1-13-22-21(23(31(3)24(13)35)30-20-10-7-15(28)11-19(20)27)25(36)33(17-8-9-17)26(37)32(22)18-6-4-5-16(12-18)29-14(2)34;1-13-22(30-17-6-4-5-16(12-17)29-14(2)34)21-23(31(3)24(13)35)33(20-10-7-15(28)11-19(20)27)26(37)32(25(21)36)18-8-9-18;1-2-4-5-3-1;;/h4-7,10-12,17,30H,8-9H2,1-3H3,(H,29,34);4-7,10-12,18,30H,8-9H2,1-3H3,(H,29,34);1-4H2;2*1H4. The Bertz CT molecular complexity index is 4180. The molecule has 23 heteroatoms. The van der Waals surface area contributed by atoms with Crippen molar-refractivity contribution in [2.24, 2.45) is 14.1 Å². The smallest absolute Gasteiger partial charge is 0.337 e. The molecule has 0 radical (unpaired) electrons. The van der Waals surface area contributed by atoms with E-state index in [4.69, 9.17) is 4.74 Å². The van der Waals surface area contributed by atoms with Crippen molar-refractivity contribution in [2.75, 3.05) is 34.5 Å². The molecule has 19 nitrogen and oxygen atoms in total. The fourth-order valence-electron chi connectivity index (χ4n) is 9.51. The van der Waals surface area contributed by atoms with E-state index in [0.717, 1.165) is 22.3 Å². The van der Waals surface area contributed by atoms with Gasteiger partial charge in [0.15, 0.2) is 0 Å². The topological polar surface area (TPSA) is 223 Å². The summed E-state index contributed by atoms with van der Waals surface area (Å²) in [5.41, 5.74) is -0.598. The lowest BCUT2D eigenvalue weighted by atomic mass is 10.1. The molecule has 81 heavy (non-hydrogen) atoms. The van der Waals surface area contributed by atoms with Crippen LogP contribution >= 0.6 is 45.2 Å². The number of nitrogens with zero attached hydrogens (tertiary/aromatic N) is 6. The first-order valence-electron chi connectivity index (χ1n) is 25.3. The summed E-state index contributed by atoms with van der Waals surface area (Å²) in [6.07, 6.45) is 5.21. The molecule has 426 valence electrons. The molecule has 8 aromatic rings. The van der Waals surface area contributed by atoms with Gasteiger partial charge in [0.1, 0.15) is 33.9 Å². The number of amides is 2. The molecule has 1 aliphatic heterocycles. The molecule has 3 aliphatic rings. The van der Waals surface area contributed by atoms with E-state index in [1.54, 1.807) is 74.5 Å². The zero-order chi connectivity index (χ0) is 56.7. The number of hydrogen-bond acceptors (Lipinski definition) is 11. The number of aryl methyl sites for hydroxylation is 2. The molecule has 4 aromatic carbocycles. The minimum Gasteiger partial charge on any atom is -0.381 e. The molecule has 1 saturated heterocycles. The maximum Gasteiger partial charge on any atom is 0.337 e. The fraction of sp³-hybridized carbons (Fsp3) is 0.310. The normalized spacial score (nSPS) is 13.5. The van der Waals surface area contributed by atoms with E-state index in [1.807, 2.05) is 45.2 Å². The Labute approximate surface area is 490 Å². The first kappa shape index (κ1) is 61.1. The molecule has 0 bridgehead atoms. The quantitative estimate of drug-likeness (QED) is 0.0943. The second kappa shape index (κ2) is 25.1. The summed E-state index contributed by atoms with van der Waals surface area (Å²) in [7, 11) is 2.95. The van der Waals surface area contributed by atoms with Crippen LogP contribution in [-0.2, 0) is 28.4 Å². The Balaban J connectivity index is 0.000000210. The fourth-order valence-corrected chi connectivity index (χ4v) is 10.4. The van der Waals surface area contributed by atoms with Gasteiger partial charge in [-0.1, -0.05) is 27.0 Å². The van der Waals surface area contributed by atoms with Gasteiger partial charge in [0.25, 0.3) is 22.2 Å². The van der Waals surface area contributed by atoms with Crippen LogP contribution in [0.5, 0.6) is 0 Å². The van der Waals surface area contributed by atoms with Gasteiger partial charge in [-0.3, -0.25) is 51.6 Å². The highest BCUT2D eigenvalue weighted by Gasteiger charge is 2.34. The van der Waals surface area contributed by atoms with Crippen molar-refractivity contribution >= 4 is 113 Å². The molecule has 4 N–H and O–H groups in total. The maximum absolute atomic E-state index is 15.2. The van der Waals surface area contributed by atoms with Crippen LogP contribution in [0.1, 0.15) is 90.4 Å². The lowest BCUT2D eigenvalue weighted by molar-refractivity contribution is -0.115. The van der Waals surface area contributed by atoms with E-state index in [0.29, 0.717) is 55.6 Å². The van der Waals surface area contributed by atoms with Crippen LogP contribution in [0, 0.1) is 32.6 Å². The van der Waals surface area contributed by atoms with Crippen LogP contribution in [0.25, 0.3) is 33.3 Å². The lowest BCUT2D eigenvalue weighted by Crippen LogP contribution is -2.42. The predicted molar refractivity (Wildman–Crippen MR) is 331 cm³/mol. The van der Waals surface area contributed by atoms with Gasteiger partial charge in [-0.15, -0.1) is 0 Å². The first-order valence-corrected chi connectivity index (χ1v) is 27.4. The molecule has 0 atom stereocenters. The van der Waals surface area contributed by atoms with Gasteiger partial charge in [0.2, 0.25) is 11.8 Å². The number of fused-ring (bicyclic) bond motifs is 2. The van der Waals surface area contributed by atoms with Gasteiger partial charge in [-0.2, -0.15) is 0 Å². The maximum atomic E-state index is 15.2. The molecule has 11 rings (SSSR count). The number of aromatic nitrogens is 6. The average Bonchev–Trinajstić information content (AvgIpc) is 4.53.